The van der Waals surface area contributed by atoms with Gasteiger partial charge in [-0.1, -0.05) is 6.92 Å². The molecule has 0 fully saturated rings. The molecule has 20 heavy (non-hydrogen) atoms. The number of nitrogens with zero attached hydrogens (tertiary/aromatic N) is 4. The van der Waals surface area contributed by atoms with Gasteiger partial charge in [-0.25, -0.2) is 0 Å². The predicted octanol–water partition coefficient (Wildman–Crippen LogP) is 1.02. The van der Waals surface area contributed by atoms with Gasteiger partial charge in [0.1, 0.15) is 6.54 Å². The number of aryl methyl sites for hydroxylation is 3. The molecular formula is C13H20N6O. The summed E-state index contributed by atoms with van der Waals surface area (Å²) in [6.07, 6.45) is 2.57. The molecule has 0 unspecified atom stereocenters. The lowest BCUT2D eigenvalue weighted by Gasteiger charge is -2.06. The number of carbonyl (C=O) groups is 1. The van der Waals surface area contributed by atoms with Gasteiger partial charge in [-0.15, -0.1) is 0 Å². The summed E-state index contributed by atoms with van der Waals surface area (Å²) >= 11 is 0. The minimum absolute atomic E-state index is 0.140. The van der Waals surface area contributed by atoms with E-state index in [0.717, 1.165) is 29.2 Å². The zero-order chi connectivity index (χ0) is 14.9. The van der Waals surface area contributed by atoms with E-state index in [4.69, 9.17) is 5.73 Å². The Hall–Kier alpha value is -2.31. The van der Waals surface area contributed by atoms with Gasteiger partial charge < -0.3 is 11.1 Å². The quantitative estimate of drug-likeness (QED) is 0.872. The number of nitrogens with one attached hydrogen (secondary N) is 1. The van der Waals surface area contributed by atoms with Gasteiger partial charge in [-0.05, 0) is 20.3 Å². The highest BCUT2D eigenvalue weighted by molar-refractivity contribution is 5.91. The monoisotopic (exact) mass is 276 g/mol. The van der Waals surface area contributed by atoms with Gasteiger partial charge in [0.05, 0.1) is 28.5 Å². The smallest absolute Gasteiger partial charge is 0.246 e. The van der Waals surface area contributed by atoms with Gasteiger partial charge in [0.15, 0.2) is 0 Å². The largest absolute Gasteiger partial charge is 0.396 e. The Morgan fingerprint density at radius 2 is 2.10 bits per heavy atom. The van der Waals surface area contributed by atoms with Crippen molar-refractivity contribution < 1.29 is 4.79 Å². The summed E-state index contributed by atoms with van der Waals surface area (Å²) in [6.45, 7) is 5.82. The van der Waals surface area contributed by atoms with Crippen molar-refractivity contribution in [2.75, 3.05) is 11.1 Å². The van der Waals surface area contributed by atoms with Crippen LogP contribution in [0.15, 0.2) is 6.20 Å². The van der Waals surface area contributed by atoms with Crippen molar-refractivity contribution in [2.45, 2.75) is 33.7 Å². The molecule has 7 nitrogen and oxygen atoms in total. The molecule has 0 aliphatic carbocycles. The molecule has 7 heteroatoms. The molecule has 2 rings (SSSR count). The first-order chi connectivity index (χ1) is 9.42. The standard InChI is InChI=1S/C13H20N6O/c1-5-10-11(6-18(4)17-10)15-12(20)7-19-9(3)13(14)8(2)16-19/h6H,5,7,14H2,1-4H3,(H,15,20). The summed E-state index contributed by atoms with van der Waals surface area (Å²) in [5.41, 5.74) is 9.65. The third-order valence-corrected chi connectivity index (χ3v) is 3.25. The van der Waals surface area contributed by atoms with Gasteiger partial charge in [-0.3, -0.25) is 14.2 Å². The van der Waals surface area contributed by atoms with E-state index >= 15 is 0 Å². The number of anilines is 2. The number of hydrogen-bond donors (Lipinski definition) is 2. The lowest BCUT2D eigenvalue weighted by atomic mass is 10.3. The van der Waals surface area contributed by atoms with Gasteiger partial charge >= 0.3 is 0 Å². The highest BCUT2D eigenvalue weighted by atomic mass is 16.2. The van der Waals surface area contributed by atoms with Crippen LogP contribution in [0.2, 0.25) is 0 Å². The summed E-state index contributed by atoms with van der Waals surface area (Å²) in [5.74, 6) is -0.140. The number of carbonyl (C=O) groups excluding carboxylic acids is 1. The Morgan fingerprint density at radius 1 is 1.40 bits per heavy atom. The van der Waals surface area contributed by atoms with Gasteiger partial charge in [0.25, 0.3) is 0 Å². The second-order valence-electron chi connectivity index (χ2n) is 4.81. The molecule has 0 aromatic carbocycles. The molecule has 0 spiro atoms. The molecule has 0 aliphatic heterocycles. The van der Waals surface area contributed by atoms with Crippen LogP contribution in [0, 0.1) is 13.8 Å². The molecule has 3 N–H and O–H groups in total. The van der Waals surface area contributed by atoms with Crippen molar-refractivity contribution >= 4 is 17.3 Å². The van der Waals surface area contributed by atoms with E-state index in [-0.39, 0.29) is 12.5 Å². The van der Waals surface area contributed by atoms with Crippen molar-refractivity contribution in [1.82, 2.24) is 19.6 Å². The van der Waals surface area contributed by atoms with Crippen LogP contribution < -0.4 is 11.1 Å². The summed E-state index contributed by atoms with van der Waals surface area (Å²) in [4.78, 5) is 12.1. The Labute approximate surface area is 117 Å². The molecule has 0 radical (unpaired) electrons. The highest BCUT2D eigenvalue weighted by Gasteiger charge is 2.13. The zero-order valence-corrected chi connectivity index (χ0v) is 12.3. The van der Waals surface area contributed by atoms with Crippen LogP contribution >= 0.6 is 0 Å². The van der Waals surface area contributed by atoms with Crippen LogP contribution in [-0.4, -0.2) is 25.5 Å². The first-order valence-corrected chi connectivity index (χ1v) is 6.54. The molecule has 2 heterocycles. The van der Waals surface area contributed by atoms with Crippen molar-refractivity contribution in [1.29, 1.82) is 0 Å². The maximum atomic E-state index is 12.1. The normalized spacial score (nSPS) is 10.8. The molecule has 0 saturated heterocycles. The van der Waals surface area contributed by atoms with Gasteiger partial charge in [0, 0.05) is 13.2 Å². The van der Waals surface area contributed by atoms with E-state index in [9.17, 15) is 4.79 Å². The molecule has 108 valence electrons. The maximum absolute atomic E-state index is 12.1. The zero-order valence-electron chi connectivity index (χ0n) is 12.3. The summed E-state index contributed by atoms with van der Waals surface area (Å²) in [5, 5.41) is 11.4. The molecule has 1 amide bonds. The van der Waals surface area contributed by atoms with E-state index in [1.165, 1.54) is 0 Å². The average Bonchev–Trinajstić information content (AvgIpc) is 2.85. The van der Waals surface area contributed by atoms with Crippen LogP contribution in [0.1, 0.15) is 24.0 Å². The van der Waals surface area contributed by atoms with Crippen molar-refractivity contribution in [3.63, 3.8) is 0 Å². The topological polar surface area (TPSA) is 90.8 Å². The second kappa shape index (κ2) is 5.36. The lowest BCUT2D eigenvalue weighted by Crippen LogP contribution is -2.20. The number of hydrogen-bond acceptors (Lipinski definition) is 4. The second-order valence-corrected chi connectivity index (χ2v) is 4.81. The number of nitrogen functional groups attached to an aromatic ring is 1. The fraction of sp³-hybridized carbons (Fsp3) is 0.462. The van der Waals surface area contributed by atoms with Crippen LogP contribution in [-0.2, 0) is 24.8 Å². The van der Waals surface area contributed by atoms with E-state index in [1.807, 2.05) is 27.8 Å². The highest BCUT2D eigenvalue weighted by Crippen LogP contribution is 2.16. The molecule has 2 aromatic rings. The van der Waals surface area contributed by atoms with Crippen molar-refractivity contribution in [3.8, 4) is 0 Å². The Bertz CT molecular complexity index is 640. The van der Waals surface area contributed by atoms with Crippen LogP contribution in [0.3, 0.4) is 0 Å². The number of nitrogens with two attached hydrogens (primary N) is 1. The lowest BCUT2D eigenvalue weighted by molar-refractivity contribution is -0.116. The van der Waals surface area contributed by atoms with Crippen LogP contribution in [0.4, 0.5) is 11.4 Å². The predicted molar refractivity (Wildman–Crippen MR) is 77.3 cm³/mol. The van der Waals surface area contributed by atoms with Gasteiger partial charge in [-0.2, -0.15) is 10.2 Å². The number of amides is 1. The van der Waals surface area contributed by atoms with Crippen molar-refractivity contribution in [3.05, 3.63) is 23.3 Å². The first-order valence-electron chi connectivity index (χ1n) is 6.54. The summed E-state index contributed by atoms with van der Waals surface area (Å²) < 4.78 is 3.30. The summed E-state index contributed by atoms with van der Waals surface area (Å²) in [7, 11) is 1.83. The molecule has 0 bridgehead atoms. The first kappa shape index (κ1) is 14.1. The summed E-state index contributed by atoms with van der Waals surface area (Å²) in [6, 6.07) is 0. The fourth-order valence-corrected chi connectivity index (χ4v) is 2.09. The van der Waals surface area contributed by atoms with Gasteiger partial charge in [0.2, 0.25) is 5.91 Å². The van der Waals surface area contributed by atoms with Crippen LogP contribution in [0.25, 0.3) is 0 Å². The van der Waals surface area contributed by atoms with E-state index in [0.29, 0.717) is 5.69 Å². The van der Waals surface area contributed by atoms with Crippen LogP contribution in [0.5, 0.6) is 0 Å². The van der Waals surface area contributed by atoms with Crippen molar-refractivity contribution in [2.24, 2.45) is 7.05 Å². The van der Waals surface area contributed by atoms with E-state index < -0.39 is 0 Å². The average molecular weight is 276 g/mol. The molecule has 2 aromatic heterocycles. The molecule has 0 saturated carbocycles. The Morgan fingerprint density at radius 3 is 2.65 bits per heavy atom. The maximum Gasteiger partial charge on any atom is 0.246 e. The van der Waals surface area contributed by atoms with E-state index in [2.05, 4.69) is 15.5 Å². The fourth-order valence-electron chi connectivity index (χ4n) is 2.09. The Balaban J connectivity index is 2.11. The third kappa shape index (κ3) is 2.66. The van der Waals surface area contributed by atoms with E-state index in [1.54, 1.807) is 15.6 Å². The minimum atomic E-state index is -0.140. The molecular weight excluding hydrogens is 256 g/mol. The minimum Gasteiger partial charge on any atom is -0.396 e. The third-order valence-electron chi connectivity index (χ3n) is 3.25. The number of rotatable bonds is 4. The number of aromatic nitrogens is 4. The molecule has 0 atom stereocenters. The SMILES string of the molecule is CCc1nn(C)cc1NC(=O)Cn1nc(C)c(N)c1C. The molecule has 0 aliphatic rings. The Kier molecular flexibility index (Phi) is 3.78.